The largest absolute Gasteiger partial charge is 0.368 e. The van der Waals surface area contributed by atoms with E-state index in [1.165, 1.54) is 0 Å². The monoisotopic (exact) mass is 265 g/mol. The second-order valence-electron chi connectivity index (χ2n) is 5.38. The van der Waals surface area contributed by atoms with Gasteiger partial charge in [0, 0.05) is 31.0 Å². The first-order valence-electron chi connectivity index (χ1n) is 6.80. The van der Waals surface area contributed by atoms with E-state index in [0.29, 0.717) is 0 Å². The van der Waals surface area contributed by atoms with Crippen LogP contribution in [0.3, 0.4) is 0 Å². The number of nitrogens with zero attached hydrogens (tertiary/aromatic N) is 5. The van der Waals surface area contributed by atoms with Crippen LogP contribution in [0.15, 0.2) is 43.1 Å². The first-order valence-corrected chi connectivity index (χ1v) is 6.80. The Morgan fingerprint density at radius 2 is 1.95 bits per heavy atom. The molecule has 1 aliphatic rings. The number of hydrogen-bond acceptors (Lipinski definition) is 4. The summed E-state index contributed by atoms with van der Waals surface area (Å²) in [6.07, 6.45) is 9.43. The Hall–Kier alpha value is -2.43. The molecule has 1 saturated heterocycles. The van der Waals surface area contributed by atoms with Crippen molar-refractivity contribution in [1.29, 1.82) is 0 Å². The van der Waals surface area contributed by atoms with E-state index in [1.54, 1.807) is 12.4 Å². The second-order valence-corrected chi connectivity index (χ2v) is 5.38. The molecule has 0 bridgehead atoms. The normalized spacial score (nSPS) is 15.6. The van der Waals surface area contributed by atoms with E-state index in [1.807, 2.05) is 29.0 Å². The van der Waals surface area contributed by atoms with Crippen molar-refractivity contribution in [3.63, 3.8) is 0 Å². The Kier molecular flexibility index (Phi) is 2.45. The lowest BCUT2D eigenvalue weighted by molar-refractivity contribution is 0.446. The predicted molar refractivity (Wildman–Crippen MR) is 77.6 cm³/mol. The lowest BCUT2D eigenvalue weighted by Gasteiger charge is -2.38. The maximum atomic E-state index is 4.58. The zero-order valence-corrected chi connectivity index (χ0v) is 11.3. The van der Waals surface area contributed by atoms with Gasteiger partial charge in [-0.15, -0.1) is 0 Å². The fourth-order valence-electron chi connectivity index (χ4n) is 2.67. The smallest absolute Gasteiger partial charge is 0.162 e. The van der Waals surface area contributed by atoms with Crippen LogP contribution in [0.2, 0.25) is 0 Å². The highest BCUT2D eigenvalue weighted by molar-refractivity contribution is 5.77. The van der Waals surface area contributed by atoms with Crippen molar-refractivity contribution in [3.8, 4) is 11.1 Å². The van der Waals surface area contributed by atoms with Gasteiger partial charge in [0.1, 0.15) is 0 Å². The summed E-state index contributed by atoms with van der Waals surface area (Å²) in [7, 11) is 0. The van der Waals surface area contributed by atoms with E-state index in [4.69, 9.17) is 0 Å². The maximum Gasteiger partial charge on any atom is 0.162 e. The summed E-state index contributed by atoms with van der Waals surface area (Å²) in [6, 6.07) is 3.95. The molecule has 100 valence electrons. The molecule has 0 aliphatic carbocycles. The molecule has 3 aromatic rings. The number of aromatic nitrogens is 4. The molecule has 0 aromatic carbocycles. The van der Waals surface area contributed by atoms with E-state index in [0.717, 1.165) is 41.5 Å². The van der Waals surface area contributed by atoms with Crippen LogP contribution in [0.25, 0.3) is 16.8 Å². The minimum atomic E-state index is 0.774. The summed E-state index contributed by atoms with van der Waals surface area (Å²) in [5, 5.41) is 4.42. The fourth-order valence-corrected chi connectivity index (χ4v) is 2.67. The van der Waals surface area contributed by atoms with E-state index in [2.05, 4.69) is 33.1 Å². The van der Waals surface area contributed by atoms with Crippen molar-refractivity contribution >= 4 is 11.3 Å². The zero-order valence-electron chi connectivity index (χ0n) is 11.3. The molecule has 5 nitrogen and oxygen atoms in total. The molecule has 0 radical (unpaired) electrons. The van der Waals surface area contributed by atoms with E-state index in [-0.39, 0.29) is 0 Å². The molecular formula is C15H15N5. The average Bonchev–Trinajstić information content (AvgIpc) is 2.88. The Labute approximate surface area is 116 Å². The van der Waals surface area contributed by atoms with Crippen LogP contribution < -0.4 is 4.90 Å². The van der Waals surface area contributed by atoms with Crippen LogP contribution in [-0.2, 0) is 0 Å². The van der Waals surface area contributed by atoms with Gasteiger partial charge in [0.25, 0.3) is 0 Å². The van der Waals surface area contributed by atoms with Crippen LogP contribution in [0, 0.1) is 5.92 Å². The van der Waals surface area contributed by atoms with Gasteiger partial charge in [-0.25, -0.2) is 9.50 Å². The molecule has 1 fully saturated rings. The van der Waals surface area contributed by atoms with Gasteiger partial charge in [0.2, 0.25) is 0 Å². The van der Waals surface area contributed by atoms with Crippen molar-refractivity contribution in [2.75, 3.05) is 18.0 Å². The third kappa shape index (κ3) is 1.74. The van der Waals surface area contributed by atoms with Crippen LogP contribution in [0.5, 0.6) is 0 Å². The lowest BCUT2D eigenvalue weighted by atomic mass is 10.0. The summed E-state index contributed by atoms with van der Waals surface area (Å²) in [6.45, 7) is 4.47. The van der Waals surface area contributed by atoms with Crippen molar-refractivity contribution in [2.24, 2.45) is 5.92 Å². The highest BCUT2D eigenvalue weighted by atomic mass is 15.3. The molecule has 0 N–H and O–H groups in total. The summed E-state index contributed by atoms with van der Waals surface area (Å²) in [5.74, 6) is 0.774. The highest BCUT2D eigenvalue weighted by Crippen LogP contribution is 2.26. The molecule has 1 aliphatic heterocycles. The Balaban J connectivity index is 1.75. The van der Waals surface area contributed by atoms with Gasteiger partial charge in [-0.05, 0) is 23.6 Å². The molecule has 4 rings (SSSR count). The van der Waals surface area contributed by atoms with Gasteiger partial charge in [-0.3, -0.25) is 4.98 Å². The Morgan fingerprint density at radius 3 is 2.70 bits per heavy atom. The van der Waals surface area contributed by atoms with E-state index < -0.39 is 0 Å². The molecule has 4 heterocycles. The highest BCUT2D eigenvalue weighted by Gasteiger charge is 2.23. The van der Waals surface area contributed by atoms with Gasteiger partial charge >= 0.3 is 0 Å². The standard InChI is InChI=1S/C15H15N5/c1-11-8-19(9-11)13-6-17-15-14(7-18-20(15)10-13)12-2-4-16-5-3-12/h2-7,10-11H,8-9H2,1H3. The molecule has 0 saturated carbocycles. The van der Waals surface area contributed by atoms with Crippen LogP contribution >= 0.6 is 0 Å². The molecule has 5 heteroatoms. The van der Waals surface area contributed by atoms with Crippen molar-refractivity contribution in [2.45, 2.75) is 6.92 Å². The minimum absolute atomic E-state index is 0.774. The molecule has 0 unspecified atom stereocenters. The quantitative estimate of drug-likeness (QED) is 0.713. The third-order valence-electron chi connectivity index (χ3n) is 3.76. The first kappa shape index (κ1) is 11.4. The van der Waals surface area contributed by atoms with Crippen LogP contribution in [-0.4, -0.2) is 32.7 Å². The summed E-state index contributed by atoms with van der Waals surface area (Å²) < 4.78 is 1.86. The van der Waals surface area contributed by atoms with Crippen LogP contribution in [0.4, 0.5) is 5.69 Å². The number of rotatable bonds is 2. The first-order chi connectivity index (χ1) is 9.81. The lowest BCUT2D eigenvalue weighted by Crippen LogP contribution is -2.45. The third-order valence-corrected chi connectivity index (χ3v) is 3.76. The van der Waals surface area contributed by atoms with E-state index >= 15 is 0 Å². The fraction of sp³-hybridized carbons (Fsp3) is 0.267. The zero-order chi connectivity index (χ0) is 13.5. The number of pyridine rings is 1. The summed E-state index contributed by atoms with van der Waals surface area (Å²) in [5.41, 5.74) is 4.15. The van der Waals surface area contributed by atoms with E-state index in [9.17, 15) is 0 Å². The number of hydrogen-bond donors (Lipinski definition) is 0. The molecule has 0 atom stereocenters. The average molecular weight is 265 g/mol. The van der Waals surface area contributed by atoms with Crippen LogP contribution in [0.1, 0.15) is 6.92 Å². The van der Waals surface area contributed by atoms with Gasteiger partial charge in [-0.2, -0.15) is 5.10 Å². The maximum absolute atomic E-state index is 4.58. The molecule has 3 aromatic heterocycles. The molecule has 0 spiro atoms. The minimum Gasteiger partial charge on any atom is -0.368 e. The molecular weight excluding hydrogens is 250 g/mol. The van der Waals surface area contributed by atoms with Gasteiger partial charge < -0.3 is 4.90 Å². The summed E-state index contributed by atoms with van der Waals surface area (Å²) in [4.78, 5) is 11.0. The Morgan fingerprint density at radius 1 is 1.15 bits per heavy atom. The molecule has 0 amide bonds. The number of anilines is 1. The Bertz CT molecular complexity index is 743. The van der Waals surface area contributed by atoms with Gasteiger partial charge in [0.05, 0.1) is 24.3 Å². The SMILES string of the molecule is CC1CN(c2cnc3c(-c4ccncc4)cnn3c2)C1. The van der Waals surface area contributed by atoms with Gasteiger partial charge in [0.15, 0.2) is 5.65 Å². The topological polar surface area (TPSA) is 46.3 Å². The van der Waals surface area contributed by atoms with Crippen molar-refractivity contribution < 1.29 is 0 Å². The number of fused-ring (bicyclic) bond motifs is 1. The van der Waals surface area contributed by atoms with Crippen molar-refractivity contribution in [3.05, 3.63) is 43.1 Å². The second kappa shape index (κ2) is 4.30. The van der Waals surface area contributed by atoms with Gasteiger partial charge in [-0.1, -0.05) is 6.92 Å². The van der Waals surface area contributed by atoms with Crippen molar-refractivity contribution in [1.82, 2.24) is 19.6 Å². The molecule has 20 heavy (non-hydrogen) atoms. The predicted octanol–water partition coefficient (Wildman–Crippen LogP) is 2.25. The summed E-state index contributed by atoms with van der Waals surface area (Å²) >= 11 is 0.